The molecule has 130 valence electrons. The van der Waals surface area contributed by atoms with E-state index >= 15 is 0 Å². The Balaban J connectivity index is 2.40. The van der Waals surface area contributed by atoms with Crippen LogP contribution in [-0.2, 0) is 14.8 Å². The number of pyridine rings is 1. The van der Waals surface area contributed by atoms with Gasteiger partial charge in [-0.3, -0.25) is 4.79 Å². The number of hydrogen-bond donors (Lipinski definition) is 4. The molecule has 1 aromatic heterocycles. The average Bonchev–Trinajstić information content (AvgIpc) is 2.47. The number of nitrogens with one attached hydrogen (secondary N) is 2. The normalized spacial score (nSPS) is 11.5. The summed E-state index contributed by atoms with van der Waals surface area (Å²) in [6, 6.07) is 4.79. The lowest BCUT2D eigenvalue weighted by Gasteiger charge is -2.13. The summed E-state index contributed by atoms with van der Waals surface area (Å²) >= 11 is 12.1. The van der Waals surface area contributed by atoms with E-state index in [-0.39, 0.29) is 23.9 Å². The van der Waals surface area contributed by atoms with E-state index in [1.807, 2.05) is 0 Å². The summed E-state index contributed by atoms with van der Waals surface area (Å²) in [4.78, 5) is 15.1. The molecule has 5 N–H and O–H groups in total. The van der Waals surface area contributed by atoms with Gasteiger partial charge >= 0.3 is 5.97 Å². The van der Waals surface area contributed by atoms with Crippen LogP contribution in [0.4, 0.5) is 11.5 Å². The number of halogens is 2. The van der Waals surface area contributed by atoms with E-state index in [0.29, 0.717) is 27.4 Å². The highest BCUT2D eigenvalue weighted by molar-refractivity contribution is 7.89. The third-order valence-electron chi connectivity index (χ3n) is 3.00. The number of primary sulfonamides is 1. The Morgan fingerprint density at radius 3 is 2.62 bits per heavy atom. The van der Waals surface area contributed by atoms with Crippen molar-refractivity contribution in [3.8, 4) is 0 Å². The van der Waals surface area contributed by atoms with Gasteiger partial charge in [-0.1, -0.05) is 23.2 Å². The van der Waals surface area contributed by atoms with Crippen molar-refractivity contribution in [2.24, 2.45) is 5.14 Å². The summed E-state index contributed by atoms with van der Waals surface area (Å²) in [6.07, 6.45) is 0. The summed E-state index contributed by atoms with van der Waals surface area (Å²) < 4.78 is 22.0. The predicted octanol–water partition coefficient (Wildman–Crippen LogP) is 1.74. The van der Waals surface area contributed by atoms with Gasteiger partial charge in [-0.2, -0.15) is 0 Å². The molecule has 0 bridgehead atoms. The van der Waals surface area contributed by atoms with Crippen molar-refractivity contribution in [1.29, 1.82) is 0 Å². The molecular formula is C13H14Cl2N4O4S. The van der Waals surface area contributed by atoms with E-state index < -0.39 is 16.0 Å². The van der Waals surface area contributed by atoms with Crippen LogP contribution < -0.4 is 15.8 Å². The molecular weight excluding hydrogens is 379 g/mol. The quantitative estimate of drug-likeness (QED) is 0.563. The van der Waals surface area contributed by atoms with E-state index in [0.717, 1.165) is 0 Å². The third kappa shape index (κ3) is 4.84. The van der Waals surface area contributed by atoms with E-state index in [1.54, 1.807) is 18.2 Å². The highest BCUT2D eigenvalue weighted by Crippen LogP contribution is 2.34. The number of aliphatic carboxylic acids is 1. The van der Waals surface area contributed by atoms with Crippen LogP contribution in [0.1, 0.15) is 0 Å². The molecule has 2 aromatic rings. The number of anilines is 2. The number of nitrogens with two attached hydrogens (primary N) is 1. The van der Waals surface area contributed by atoms with Crippen LogP contribution in [0.15, 0.2) is 18.2 Å². The second-order valence-corrected chi connectivity index (χ2v) is 7.37. The van der Waals surface area contributed by atoms with Crippen molar-refractivity contribution in [2.45, 2.75) is 0 Å². The van der Waals surface area contributed by atoms with Crippen LogP contribution in [0.3, 0.4) is 0 Å². The molecule has 24 heavy (non-hydrogen) atoms. The Labute approximate surface area is 148 Å². The van der Waals surface area contributed by atoms with Crippen molar-refractivity contribution in [1.82, 2.24) is 4.98 Å². The SMILES string of the molecule is NS(=O)(=O)CCNc1cc(NCC(=O)O)c2ccc(Cl)c(Cl)c2n1. The van der Waals surface area contributed by atoms with E-state index in [4.69, 9.17) is 33.4 Å². The number of rotatable bonds is 7. The fraction of sp³-hybridized carbons (Fsp3) is 0.231. The molecule has 0 atom stereocenters. The first kappa shape index (κ1) is 18.5. The Morgan fingerprint density at radius 1 is 1.29 bits per heavy atom. The Morgan fingerprint density at radius 2 is 2.00 bits per heavy atom. The monoisotopic (exact) mass is 392 g/mol. The molecule has 0 saturated heterocycles. The summed E-state index contributed by atoms with van der Waals surface area (Å²) in [6.45, 7) is -0.274. The maximum atomic E-state index is 11.0. The number of carboxylic acid groups (broad SMARTS) is 1. The van der Waals surface area contributed by atoms with Crippen molar-refractivity contribution in [3.05, 3.63) is 28.2 Å². The first-order valence-corrected chi connectivity index (χ1v) is 9.13. The van der Waals surface area contributed by atoms with Crippen molar-refractivity contribution in [3.63, 3.8) is 0 Å². The van der Waals surface area contributed by atoms with Crippen LogP contribution >= 0.6 is 23.2 Å². The maximum Gasteiger partial charge on any atom is 0.322 e. The van der Waals surface area contributed by atoms with Gasteiger partial charge in [-0.15, -0.1) is 0 Å². The molecule has 0 spiro atoms. The molecule has 1 aromatic carbocycles. The van der Waals surface area contributed by atoms with Gasteiger partial charge in [0, 0.05) is 23.7 Å². The smallest absolute Gasteiger partial charge is 0.322 e. The van der Waals surface area contributed by atoms with Gasteiger partial charge in [0.15, 0.2) is 0 Å². The minimum atomic E-state index is -3.61. The summed E-state index contributed by atoms with van der Waals surface area (Å²) in [5, 5.41) is 20.4. The van der Waals surface area contributed by atoms with E-state index in [1.165, 1.54) is 0 Å². The van der Waals surface area contributed by atoms with Gasteiger partial charge in [0.1, 0.15) is 12.4 Å². The molecule has 0 radical (unpaired) electrons. The molecule has 0 unspecified atom stereocenters. The zero-order chi connectivity index (χ0) is 17.9. The number of aromatic nitrogens is 1. The molecule has 2 rings (SSSR count). The van der Waals surface area contributed by atoms with E-state index in [9.17, 15) is 13.2 Å². The lowest BCUT2D eigenvalue weighted by Crippen LogP contribution is -2.22. The number of carbonyl (C=O) groups is 1. The van der Waals surface area contributed by atoms with Crippen LogP contribution in [0.25, 0.3) is 10.9 Å². The number of sulfonamides is 1. The molecule has 0 saturated carbocycles. The van der Waals surface area contributed by atoms with Crippen LogP contribution in [0.2, 0.25) is 10.0 Å². The molecule has 11 heteroatoms. The topological polar surface area (TPSA) is 134 Å². The first-order chi connectivity index (χ1) is 11.2. The predicted molar refractivity (Wildman–Crippen MR) is 94.4 cm³/mol. The summed E-state index contributed by atoms with van der Waals surface area (Å²) in [7, 11) is -3.61. The number of nitrogens with zero attached hydrogens (tertiary/aromatic N) is 1. The van der Waals surface area contributed by atoms with Crippen molar-refractivity contribution in [2.75, 3.05) is 29.5 Å². The fourth-order valence-corrected chi connectivity index (χ4v) is 2.71. The van der Waals surface area contributed by atoms with Gasteiger partial charge in [0.2, 0.25) is 10.0 Å². The minimum absolute atomic E-state index is 0.0356. The number of benzene rings is 1. The second-order valence-electron chi connectivity index (χ2n) is 4.85. The standard InChI is InChI=1S/C13H14Cl2N4O4S/c14-8-2-1-7-9(18-6-11(20)21)5-10(19-13(7)12(8)15)17-3-4-24(16,22)23/h1-2,5H,3-4,6H2,(H,20,21)(H2,16,22,23)(H2,17,18,19). The van der Waals surface area contributed by atoms with E-state index in [2.05, 4.69) is 15.6 Å². The summed E-state index contributed by atoms with van der Waals surface area (Å²) in [5.41, 5.74) is 0.830. The maximum absolute atomic E-state index is 11.0. The average molecular weight is 393 g/mol. The van der Waals surface area contributed by atoms with Gasteiger partial charge in [0.05, 0.1) is 21.3 Å². The van der Waals surface area contributed by atoms with Crippen LogP contribution in [-0.4, -0.2) is 43.3 Å². The van der Waals surface area contributed by atoms with Gasteiger partial charge in [-0.25, -0.2) is 18.5 Å². The first-order valence-electron chi connectivity index (χ1n) is 6.66. The second kappa shape index (κ2) is 7.39. The third-order valence-corrected chi connectivity index (χ3v) is 4.56. The van der Waals surface area contributed by atoms with Crippen molar-refractivity contribution >= 4 is 61.6 Å². The lowest BCUT2D eigenvalue weighted by molar-refractivity contribution is -0.134. The van der Waals surface area contributed by atoms with Gasteiger partial charge < -0.3 is 15.7 Å². The largest absolute Gasteiger partial charge is 0.480 e. The van der Waals surface area contributed by atoms with Gasteiger partial charge in [0.25, 0.3) is 0 Å². The van der Waals surface area contributed by atoms with Crippen molar-refractivity contribution < 1.29 is 18.3 Å². The summed E-state index contributed by atoms with van der Waals surface area (Å²) in [5.74, 6) is -1.01. The zero-order valence-corrected chi connectivity index (χ0v) is 14.5. The Bertz CT molecular complexity index is 889. The zero-order valence-electron chi connectivity index (χ0n) is 12.2. The number of hydrogen-bond acceptors (Lipinski definition) is 6. The number of carboxylic acids is 1. The fourth-order valence-electron chi connectivity index (χ4n) is 1.96. The molecule has 0 aliphatic rings. The molecule has 0 fully saturated rings. The Hall–Kier alpha value is -1.81. The van der Waals surface area contributed by atoms with Gasteiger partial charge in [-0.05, 0) is 12.1 Å². The molecule has 1 heterocycles. The van der Waals surface area contributed by atoms with Crippen LogP contribution in [0, 0.1) is 0 Å². The molecule has 0 aliphatic heterocycles. The number of fused-ring (bicyclic) bond motifs is 1. The highest BCUT2D eigenvalue weighted by atomic mass is 35.5. The highest BCUT2D eigenvalue weighted by Gasteiger charge is 2.12. The molecule has 0 aliphatic carbocycles. The molecule has 8 nitrogen and oxygen atoms in total. The molecule has 0 amide bonds. The van der Waals surface area contributed by atoms with Crippen LogP contribution in [0.5, 0.6) is 0 Å². The minimum Gasteiger partial charge on any atom is -0.480 e. The lowest BCUT2D eigenvalue weighted by atomic mass is 10.1. The Kier molecular flexibility index (Phi) is 5.70.